The summed E-state index contributed by atoms with van der Waals surface area (Å²) in [5.41, 5.74) is 3.79. The standard InChI is InChI=1S/C11H8N4/c1-2-6-14-15-9-4-5-10-11(8(9)3-1)13-7-12-10/h1-7H,(H,12,13). The number of rotatable bonds is 0. The number of benzene rings is 1. The van der Waals surface area contributed by atoms with E-state index in [0.29, 0.717) is 0 Å². The lowest BCUT2D eigenvalue weighted by Crippen LogP contribution is -1.79. The van der Waals surface area contributed by atoms with Gasteiger partial charge in [0.05, 0.1) is 23.0 Å². The van der Waals surface area contributed by atoms with E-state index in [1.807, 2.05) is 30.4 Å². The van der Waals surface area contributed by atoms with Gasteiger partial charge in [-0.25, -0.2) is 4.98 Å². The molecule has 0 unspecified atom stereocenters. The fourth-order valence-electron chi connectivity index (χ4n) is 1.61. The minimum atomic E-state index is 0.843. The Morgan fingerprint density at radius 2 is 2.13 bits per heavy atom. The summed E-state index contributed by atoms with van der Waals surface area (Å²) in [5, 5.41) is 8.03. The van der Waals surface area contributed by atoms with Crippen molar-refractivity contribution in [3.05, 3.63) is 42.4 Å². The van der Waals surface area contributed by atoms with Crippen LogP contribution >= 0.6 is 0 Å². The highest BCUT2D eigenvalue weighted by atomic mass is 15.1. The van der Waals surface area contributed by atoms with E-state index in [1.54, 1.807) is 12.5 Å². The maximum absolute atomic E-state index is 4.27. The molecule has 4 nitrogen and oxygen atoms in total. The molecule has 1 aromatic carbocycles. The molecule has 72 valence electrons. The fourth-order valence-corrected chi connectivity index (χ4v) is 1.61. The smallest absolute Gasteiger partial charge is 0.0977 e. The zero-order valence-corrected chi connectivity index (χ0v) is 7.88. The van der Waals surface area contributed by atoms with Crippen molar-refractivity contribution in [1.82, 2.24) is 9.97 Å². The zero-order chi connectivity index (χ0) is 10.1. The van der Waals surface area contributed by atoms with Gasteiger partial charge in [0.1, 0.15) is 0 Å². The SMILES string of the molecule is C1=CN=Nc2ccc3[nH]cnc3c2C=C1. The third-order valence-corrected chi connectivity index (χ3v) is 2.30. The second-order valence-corrected chi connectivity index (χ2v) is 3.21. The average molecular weight is 196 g/mol. The molecule has 0 radical (unpaired) electrons. The number of azo groups is 1. The van der Waals surface area contributed by atoms with Crippen LogP contribution in [0.4, 0.5) is 5.69 Å². The number of aromatic amines is 1. The Labute approximate surface area is 86.1 Å². The molecule has 1 N–H and O–H groups in total. The molecule has 1 aliphatic heterocycles. The lowest BCUT2D eigenvalue weighted by Gasteiger charge is -2.01. The first kappa shape index (κ1) is 8.11. The van der Waals surface area contributed by atoms with Gasteiger partial charge in [-0.15, -0.1) is 0 Å². The van der Waals surface area contributed by atoms with Crippen molar-refractivity contribution in [2.75, 3.05) is 0 Å². The first-order chi connectivity index (χ1) is 7.45. The van der Waals surface area contributed by atoms with Crippen LogP contribution in [-0.2, 0) is 0 Å². The van der Waals surface area contributed by atoms with Crippen molar-refractivity contribution in [1.29, 1.82) is 0 Å². The second kappa shape index (κ2) is 3.16. The number of nitrogens with zero attached hydrogens (tertiary/aromatic N) is 3. The molecule has 0 atom stereocenters. The van der Waals surface area contributed by atoms with Gasteiger partial charge in [0.2, 0.25) is 0 Å². The predicted molar refractivity (Wildman–Crippen MR) is 58.8 cm³/mol. The molecular formula is C11H8N4. The number of hydrogen-bond donors (Lipinski definition) is 1. The third kappa shape index (κ3) is 1.27. The lowest BCUT2D eigenvalue weighted by molar-refractivity contribution is 1.22. The molecule has 15 heavy (non-hydrogen) atoms. The van der Waals surface area contributed by atoms with E-state index in [4.69, 9.17) is 0 Å². The largest absolute Gasteiger partial charge is 0.345 e. The lowest BCUT2D eigenvalue weighted by atomic mass is 10.1. The van der Waals surface area contributed by atoms with Gasteiger partial charge < -0.3 is 4.98 Å². The Balaban J connectivity index is 2.37. The number of fused-ring (bicyclic) bond motifs is 3. The zero-order valence-electron chi connectivity index (χ0n) is 7.88. The molecule has 0 saturated carbocycles. The highest BCUT2D eigenvalue weighted by Crippen LogP contribution is 2.28. The maximum atomic E-state index is 4.27. The number of nitrogens with one attached hydrogen (secondary N) is 1. The summed E-state index contributed by atoms with van der Waals surface area (Å²) >= 11 is 0. The summed E-state index contributed by atoms with van der Waals surface area (Å²) in [6.45, 7) is 0. The molecule has 2 heterocycles. The highest BCUT2D eigenvalue weighted by Gasteiger charge is 2.06. The summed E-state index contributed by atoms with van der Waals surface area (Å²) in [6.07, 6.45) is 9.12. The topological polar surface area (TPSA) is 53.4 Å². The summed E-state index contributed by atoms with van der Waals surface area (Å²) < 4.78 is 0. The maximum Gasteiger partial charge on any atom is 0.0977 e. The van der Waals surface area contributed by atoms with Crippen LogP contribution in [0.5, 0.6) is 0 Å². The minimum absolute atomic E-state index is 0.843. The molecular weight excluding hydrogens is 188 g/mol. The third-order valence-electron chi connectivity index (χ3n) is 2.30. The van der Waals surface area contributed by atoms with Crippen LogP contribution in [0, 0.1) is 0 Å². The Hall–Kier alpha value is -2.23. The summed E-state index contributed by atoms with van der Waals surface area (Å²) in [6, 6.07) is 3.89. The second-order valence-electron chi connectivity index (χ2n) is 3.21. The Bertz CT molecular complexity index is 590. The number of hydrogen-bond acceptors (Lipinski definition) is 3. The van der Waals surface area contributed by atoms with Gasteiger partial charge in [-0.05, 0) is 18.2 Å². The first-order valence-electron chi connectivity index (χ1n) is 4.65. The summed E-state index contributed by atoms with van der Waals surface area (Å²) in [4.78, 5) is 7.34. The van der Waals surface area contributed by atoms with Crippen LogP contribution < -0.4 is 0 Å². The molecule has 3 rings (SSSR count). The Morgan fingerprint density at radius 1 is 1.13 bits per heavy atom. The Morgan fingerprint density at radius 3 is 3.13 bits per heavy atom. The molecule has 0 aliphatic carbocycles. The van der Waals surface area contributed by atoms with E-state index >= 15 is 0 Å². The molecule has 0 amide bonds. The number of aromatic nitrogens is 2. The van der Waals surface area contributed by atoms with Crippen molar-refractivity contribution >= 4 is 22.8 Å². The first-order valence-corrected chi connectivity index (χ1v) is 4.65. The minimum Gasteiger partial charge on any atom is -0.345 e. The summed E-state index contributed by atoms with van der Waals surface area (Å²) in [5.74, 6) is 0. The number of H-pyrrole nitrogens is 1. The molecule has 0 saturated heterocycles. The van der Waals surface area contributed by atoms with Crippen LogP contribution in [0.3, 0.4) is 0 Å². The quantitative estimate of drug-likeness (QED) is 0.691. The summed E-state index contributed by atoms with van der Waals surface area (Å²) in [7, 11) is 0. The molecule has 1 aromatic heterocycles. The molecule has 1 aliphatic rings. The molecule has 4 heteroatoms. The van der Waals surface area contributed by atoms with Crippen molar-refractivity contribution in [3.8, 4) is 0 Å². The number of imidazole rings is 1. The van der Waals surface area contributed by atoms with Crippen molar-refractivity contribution in [2.45, 2.75) is 0 Å². The van der Waals surface area contributed by atoms with E-state index in [1.165, 1.54) is 0 Å². The van der Waals surface area contributed by atoms with Gasteiger partial charge in [0.25, 0.3) is 0 Å². The van der Waals surface area contributed by atoms with Gasteiger partial charge in [-0.1, -0.05) is 12.2 Å². The van der Waals surface area contributed by atoms with Crippen LogP contribution in [0.15, 0.2) is 47.0 Å². The van der Waals surface area contributed by atoms with Crippen molar-refractivity contribution in [3.63, 3.8) is 0 Å². The van der Waals surface area contributed by atoms with E-state index in [-0.39, 0.29) is 0 Å². The van der Waals surface area contributed by atoms with Gasteiger partial charge >= 0.3 is 0 Å². The average Bonchev–Trinajstić information content (AvgIpc) is 2.65. The van der Waals surface area contributed by atoms with Crippen molar-refractivity contribution < 1.29 is 0 Å². The van der Waals surface area contributed by atoms with Crippen LogP contribution in [0.2, 0.25) is 0 Å². The molecule has 0 fully saturated rings. The van der Waals surface area contributed by atoms with Gasteiger partial charge in [0, 0.05) is 11.8 Å². The van der Waals surface area contributed by atoms with Gasteiger partial charge in [0.15, 0.2) is 0 Å². The van der Waals surface area contributed by atoms with Gasteiger partial charge in [-0.2, -0.15) is 10.2 Å². The van der Waals surface area contributed by atoms with E-state index in [2.05, 4.69) is 20.2 Å². The molecule has 2 aromatic rings. The molecule has 0 bridgehead atoms. The van der Waals surface area contributed by atoms with E-state index < -0.39 is 0 Å². The molecule has 0 spiro atoms. The Kier molecular flexibility index (Phi) is 1.71. The monoisotopic (exact) mass is 196 g/mol. The normalized spacial score (nSPS) is 13.9. The van der Waals surface area contributed by atoms with E-state index in [0.717, 1.165) is 22.3 Å². The highest BCUT2D eigenvalue weighted by molar-refractivity contribution is 5.90. The van der Waals surface area contributed by atoms with Crippen molar-refractivity contribution in [2.24, 2.45) is 10.2 Å². The van der Waals surface area contributed by atoms with Gasteiger partial charge in [-0.3, -0.25) is 0 Å². The van der Waals surface area contributed by atoms with E-state index in [9.17, 15) is 0 Å². The van der Waals surface area contributed by atoms with Crippen LogP contribution in [0.1, 0.15) is 5.56 Å². The number of allylic oxidation sites excluding steroid dienone is 2. The van der Waals surface area contributed by atoms with Crippen LogP contribution in [0.25, 0.3) is 17.1 Å². The fraction of sp³-hybridized carbons (Fsp3) is 0. The predicted octanol–water partition coefficient (Wildman–Crippen LogP) is 3.19. The van der Waals surface area contributed by atoms with Crippen LogP contribution in [-0.4, -0.2) is 9.97 Å².